The van der Waals surface area contributed by atoms with Crippen molar-refractivity contribution in [2.45, 2.75) is 13.8 Å². The van der Waals surface area contributed by atoms with Gasteiger partial charge in [-0.1, -0.05) is 29.8 Å². The van der Waals surface area contributed by atoms with E-state index in [0.29, 0.717) is 11.3 Å². The summed E-state index contributed by atoms with van der Waals surface area (Å²) in [5.41, 5.74) is 3.49. The first-order valence-electron chi connectivity index (χ1n) is 5.88. The Morgan fingerprint density at radius 1 is 1.06 bits per heavy atom. The number of ether oxygens (including phenoxy) is 1. The van der Waals surface area contributed by atoms with Gasteiger partial charge >= 0.3 is 0 Å². The molecule has 0 bridgehead atoms. The van der Waals surface area contributed by atoms with Crippen LogP contribution in [0.5, 0.6) is 5.75 Å². The number of ketones is 1. The maximum absolute atomic E-state index is 12.4. The number of carbonyl (C=O) groups excluding carboxylic acids is 1. The predicted molar refractivity (Wildman–Crippen MR) is 72.3 cm³/mol. The Kier molecular flexibility index (Phi) is 3.47. The molecule has 0 amide bonds. The van der Waals surface area contributed by atoms with Gasteiger partial charge in [0, 0.05) is 11.1 Å². The van der Waals surface area contributed by atoms with Crippen LogP contribution in [0.2, 0.25) is 0 Å². The van der Waals surface area contributed by atoms with Gasteiger partial charge in [-0.2, -0.15) is 0 Å². The molecular formula is C16H16O2. The van der Waals surface area contributed by atoms with Crippen LogP contribution in [0.25, 0.3) is 0 Å². The maximum Gasteiger partial charge on any atom is 0.193 e. The molecule has 0 unspecified atom stereocenters. The van der Waals surface area contributed by atoms with Gasteiger partial charge < -0.3 is 4.74 Å². The SMILES string of the molecule is COc1cccc(C(=O)c2cc(C)ccc2C)c1. The zero-order chi connectivity index (χ0) is 13.1. The van der Waals surface area contributed by atoms with E-state index in [9.17, 15) is 4.79 Å². The normalized spacial score (nSPS) is 10.2. The fraction of sp³-hybridized carbons (Fsp3) is 0.188. The molecule has 0 aliphatic heterocycles. The third kappa shape index (κ3) is 2.43. The van der Waals surface area contributed by atoms with Crippen LogP contribution < -0.4 is 4.74 Å². The highest BCUT2D eigenvalue weighted by Crippen LogP contribution is 2.19. The fourth-order valence-corrected chi connectivity index (χ4v) is 1.90. The highest BCUT2D eigenvalue weighted by Gasteiger charge is 2.12. The smallest absolute Gasteiger partial charge is 0.193 e. The summed E-state index contributed by atoms with van der Waals surface area (Å²) in [6, 6.07) is 13.2. The Morgan fingerprint density at radius 3 is 2.56 bits per heavy atom. The minimum absolute atomic E-state index is 0.0371. The minimum Gasteiger partial charge on any atom is -0.497 e. The summed E-state index contributed by atoms with van der Waals surface area (Å²) in [5.74, 6) is 0.737. The first kappa shape index (κ1) is 12.4. The van der Waals surface area contributed by atoms with E-state index >= 15 is 0 Å². The van der Waals surface area contributed by atoms with Crippen molar-refractivity contribution < 1.29 is 9.53 Å². The molecule has 0 radical (unpaired) electrons. The molecule has 0 saturated heterocycles. The van der Waals surface area contributed by atoms with Crippen LogP contribution in [0.4, 0.5) is 0 Å². The van der Waals surface area contributed by atoms with Gasteiger partial charge in [-0.15, -0.1) is 0 Å². The zero-order valence-electron chi connectivity index (χ0n) is 10.9. The van der Waals surface area contributed by atoms with Crippen molar-refractivity contribution in [1.29, 1.82) is 0 Å². The first-order valence-corrected chi connectivity index (χ1v) is 5.88. The Balaban J connectivity index is 2.44. The van der Waals surface area contributed by atoms with Crippen molar-refractivity contribution >= 4 is 5.78 Å². The van der Waals surface area contributed by atoms with Gasteiger partial charge in [0.15, 0.2) is 5.78 Å². The molecule has 2 aromatic carbocycles. The molecule has 0 aliphatic carbocycles. The van der Waals surface area contributed by atoms with E-state index in [2.05, 4.69) is 0 Å². The van der Waals surface area contributed by atoms with Crippen molar-refractivity contribution in [2.75, 3.05) is 7.11 Å². The van der Waals surface area contributed by atoms with E-state index in [1.165, 1.54) is 0 Å². The standard InChI is InChI=1S/C16H16O2/c1-11-7-8-12(2)15(9-11)16(17)13-5-4-6-14(10-13)18-3/h4-10H,1-3H3. The molecule has 2 nitrogen and oxygen atoms in total. The van der Waals surface area contributed by atoms with Gasteiger partial charge in [0.1, 0.15) is 5.75 Å². The quantitative estimate of drug-likeness (QED) is 0.767. The van der Waals surface area contributed by atoms with Crippen LogP contribution in [-0.4, -0.2) is 12.9 Å². The van der Waals surface area contributed by atoms with Gasteiger partial charge in [-0.25, -0.2) is 0 Å². The van der Waals surface area contributed by atoms with Crippen LogP contribution in [0.1, 0.15) is 27.0 Å². The van der Waals surface area contributed by atoms with Crippen LogP contribution in [-0.2, 0) is 0 Å². The van der Waals surface area contributed by atoms with Gasteiger partial charge in [-0.3, -0.25) is 4.79 Å². The molecular weight excluding hydrogens is 224 g/mol. The highest BCUT2D eigenvalue weighted by molar-refractivity contribution is 6.10. The first-order chi connectivity index (χ1) is 8.61. The molecule has 2 heteroatoms. The lowest BCUT2D eigenvalue weighted by Gasteiger charge is -2.07. The van der Waals surface area contributed by atoms with Gasteiger partial charge in [0.05, 0.1) is 7.11 Å². The zero-order valence-corrected chi connectivity index (χ0v) is 10.9. The van der Waals surface area contributed by atoms with Gasteiger partial charge in [0.2, 0.25) is 0 Å². The molecule has 0 heterocycles. The molecule has 0 aromatic heterocycles. The Morgan fingerprint density at radius 2 is 1.83 bits per heavy atom. The number of benzene rings is 2. The molecule has 0 saturated carbocycles. The van der Waals surface area contributed by atoms with E-state index in [0.717, 1.165) is 16.7 Å². The van der Waals surface area contributed by atoms with Gasteiger partial charge in [0.25, 0.3) is 0 Å². The van der Waals surface area contributed by atoms with Crippen molar-refractivity contribution in [3.05, 3.63) is 64.7 Å². The van der Waals surface area contributed by atoms with Crippen molar-refractivity contribution in [2.24, 2.45) is 0 Å². The topological polar surface area (TPSA) is 26.3 Å². The van der Waals surface area contributed by atoms with E-state index in [4.69, 9.17) is 4.74 Å². The molecule has 0 spiro atoms. The number of hydrogen-bond donors (Lipinski definition) is 0. The lowest BCUT2D eigenvalue weighted by Crippen LogP contribution is -2.04. The van der Waals surface area contributed by atoms with E-state index in [1.807, 2.05) is 50.2 Å². The number of hydrogen-bond acceptors (Lipinski definition) is 2. The number of methoxy groups -OCH3 is 1. The third-order valence-corrected chi connectivity index (χ3v) is 2.97. The summed E-state index contributed by atoms with van der Waals surface area (Å²) >= 11 is 0. The molecule has 0 aliphatic rings. The van der Waals surface area contributed by atoms with Crippen molar-refractivity contribution in [3.63, 3.8) is 0 Å². The molecule has 18 heavy (non-hydrogen) atoms. The van der Waals surface area contributed by atoms with Crippen LogP contribution in [0.15, 0.2) is 42.5 Å². The van der Waals surface area contributed by atoms with Crippen LogP contribution in [0.3, 0.4) is 0 Å². The number of carbonyl (C=O) groups is 1. The summed E-state index contributed by atoms with van der Waals surface area (Å²) in [6.45, 7) is 3.94. The maximum atomic E-state index is 12.4. The summed E-state index contributed by atoms with van der Waals surface area (Å²) in [6.07, 6.45) is 0. The van der Waals surface area contributed by atoms with Gasteiger partial charge in [-0.05, 0) is 37.6 Å². The van der Waals surface area contributed by atoms with Crippen molar-refractivity contribution in [1.82, 2.24) is 0 Å². The summed E-state index contributed by atoms with van der Waals surface area (Å²) in [7, 11) is 1.60. The molecule has 2 rings (SSSR count). The van der Waals surface area contributed by atoms with Crippen LogP contribution >= 0.6 is 0 Å². The number of aryl methyl sites for hydroxylation is 2. The minimum atomic E-state index is 0.0371. The Bertz CT molecular complexity index is 585. The second-order valence-corrected chi connectivity index (χ2v) is 4.38. The van der Waals surface area contributed by atoms with E-state index < -0.39 is 0 Å². The lowest BCUT2D eigenvalue weighted by atomic mass is 9.97. The predicted octanol–water partition coefficient (Wildman–Crippen LogP) is 3.54. The molecule has 92 valence electrons. The highest BCUT2D eigenvalue weighted by atomic mass is 16.5. The van der Waals surface area contributed by atoms with Crippen molar-refractivity contribution in [3.8, 4) is 5.75 Å². The summed E-state index contributed by atoms with van der Waals surface area (Å²) in [4.78, 5) is 12.4. The summed E-state index contributed by atoms with van der Waals surface area (Å²) in [5, 5.41) is 0. The Labute approximate surface area is 107 Å². The fourth-order valence-electron chi connectivity index (χ4n) is 1.90. The summed E-state index contributed by atoms with van der Waals surface area (Å²) < 4.78 is 5.14. The molecule has 0 N–H and O–H groups in total. The molecule has 0 atom stereocenters. The second-order valence-electron chi connectivity index (χ2n) is 4.38. The molecule has 2 aromatic rings. The van der Waals surface area contributed by atoms with Crippen LogP contribution in [0, 0.1) is 13.8 Å². The lowest BCUT2D eigenvalue weighted by molar-refractivity contribution is 0.103. The molecule has 0 fully saturated rings. The monoisotopic (exact) mass is 240 g/mol. The average molecular weight is 240 g/mol. The van der Waals surface area contributed by atoms with E-state index in [-0.39, 0.29) is 5.78 Å². The number of rotatable bonds is 3. The second kappa shape index (κ2) is 5.05. The largest absolute Gasteiger partial charge is 0.497 e. The Hall–Kier alpha value is -2.09. The average Bonchev–Trinajstić information content (AvgIpc) is 2.41. The van der Waals surface area contributed by atoms with E-state index in [1.54, 1.807) is 13.2 Å². The third-order valence-electron chi connectivity index (χ3n) is 2.97.